The van der Waals surface area contributed by atoms with Gasteiger partial charge in [0.25, 0.3) is 0 Å². The molecule has 1 aromatic carbocycles. The van der Waals surface area contributed by atoms with Crippen molar-refractivity contribution < 1.29 is 27.2 Å². The largest absolute Gasteiger partial charge is 0.490 e. The van der Waals surface area contributed by atoms with Gasteiger partial charge in [-0.2, -0.15) is 0 Å². The van der Waals surface area contributed by atoms with Gasteiger partial charge in [0.2, 0.25) is 15.9 Å². The van der Waals surface area contributed by atoms with E-state index < -0.39 is 10.0 Å². The lowest BCUT2D eigenvalue weighted by Crippen LogP contribution is -2.34. The van der Waals surface area contributed by atoms with Gasteiger partial charge >= 0.3 is 0 Å². The average molecular weight is 450 g/mol. The zero-order valence-corrected chi connectivity index (χ0v) is 18.5. The van der Waals surface area contributed by atoms with Gasteiger partial charge in [0.1, 0.15) is 10.6 Å². The summed E-state index contributed by atoms with van der Waals surface area (Å²) in [4.78, 5) is 14.7. The van der Waals surface area contributed by atoms with Crippen LogP contribution < -0.4 is 14.2 Å². The van der Waals surface area contributed by atoms with Crippen LogP contribution in [-0.4, -0.2) is 50.7 Å². The third-order valence-corrected chi connectivity index (χ3v) is 7.30. The van der Waals surface area contributed by atoms with E-state index in [2.05, 4.69) is 9.88 Å². The number of hydrogen-bond donors (Lipinski definition) is 1. The molecule has 10 heteroatoms. The summed E-state index contributed by atoms with van der Waals surface area (Å²) >= 11 is 0. The van der Waals surface area contributed by atoms with E-state index in [0.29, 0.717) is 31.2 Å². The van der Waals surface area contributed by atoms with Crippen LogP contribution in [0.15, 0.2) is 27.6 Å². The van der Waals surface area contributed by atoms with Gasteiger partial charge < -0.3 is 18.9 Å². The zero-order valence-electron chi connectivity index (χ0n) is 17.7. The molecule has 0 spiro atoms. The summed E-state index contributed by atoms with van der Waals surface area (Å²) in [6.07, 6.45) is 2.66. The van der Waals surface area contributed by atoms with E-state index in [1.807, 2.05) is 23.1 Å². The fourth-order valence-electron chi connectivity index (χ4n) is 4.17. The van der Waals surface area contributed by atoms with Crippen LogP contribution in [0.4, 0.5) is 0 Å². The molecule has 9 nitrogen and oxygen atoms in total. The highest BCUT2D eigenvalue weighted by molar-refractivity contribution is 7.89. The molecular weight excluding hydrogens is 422 g/mol. The first-order chi connectivity index (χ1) is 14.9. The van der Waals surface area contributed by atoms with Gasteiger partial charge in [-0.3, -0.25) is 4.79 Å². The highest BCUT2D eigenvalue weighted by atomic mass is 32.2. The molecule has 1 atom stereocenters. The predicted octanol–water partition coefficient (Wildman–Crippen LogP) is 2.48. The molecule has 1 fully saturated rings. The highest BCUT2D eigenvalue weighted by Gasteiger charge is 2.31. The second-order valence-electron chi connectivity index (χ2n) is 7.80. The number of nitrogens with zero attached hydrogens (tertiary/aromatic N) is 2. The number of aromatic nitrogens is 1. The first-order valence-electron chi connectivity index (χ1n) is 10.5. The molecule has 2 aromatic rings. The molecule has 2 aliphatic heterocycles. The predicted molar refractivity (Wildman–Crippen MR) is 112 cm³/mol. The number of ether oxygens (including phenoxy) is 2. The van der Waals surface area contributed by atoms with Crippen LogP contribution in [-0.2, 0) is 14.8 Å². The molecular formula is C21H27N3O6S. The van der Waals surface area contributed by atoms with Gasteiger partial charge in [-0.25, -0.2) is 13.1 Å². The molecule has 2 aliphatic rings. The van der Waals surface area contributed by atoms with Crippen molar-refractivity contribution >= 4 is 15.9 Å². The SMILES string of the molecule is Cc1noc(C)c1S(=O)(=O)NCCC(=O)N1CCC[C@H]1c1ccc2c(c1)OCCCO2. The molecule has 0 radical (unpaired) electrons. The van der Waals surface area contributed by atoms with Crippen molar-refractivity contribution in [3.8, 4) is 11.5 Å². The molecule has 0 unspecified atom stereocenters. The average Bonchev–Trinajstić information content (AvgIpc) is 3.27. The van der Waals surface area contributed by atoms with Crippen LogP contribution in [0, 0.1) is 13.8 Å². The van der Waals surface area contributed by atoms with Crippen LogP contribution >= 0.6 is 0 Å². The molecule has 1 N–H and O–H groups in total. The number of likely N-dealkylation sites (tertiary alicyclic amines) is 1. The molecule has 0 bridgehead atoms. The van der Waals surface area contributed by atoms with E-state index >= 15 is 0 Å². The lowest BCUT2D eigenvalue weighted by atomic mass is 10.0. The van der Waals surface area contributed by atoms with Crippen LogP contribution in [0.25, 0.3) is 0 Å². The third-order valence-electron chi connectivity index (χ3n) is 5.60. The zero-order chi connectivity index (χ0) is 22.0. The van der Waals surface area contributed by atoms with Gasteiger partial charge in [0.05, 0.1) is 19.3 Å². The van der Waals surface area contributed by atoms with E-state index in [-0.39, 0.29) is 35.6 Å². The maximum atomic E-state index is 12.9. The lowest BCUT2D eigenvalue weighted by molar-refractivity contribution is -0.131. The normalized spacial score (nSPS) is 18.8. The van der Waals surface area contributed by atoms with E-state index in [1.54, 1.807) is 13.8 Å². The summed E-state index contributed by atoms with van der Waals surface area (Å²) in [6.45, 7) is 5.01. The summed E-state index contributed by atoms with van der Waals surface area (Å²) in [7, 11) is -3.78. The van der Waals surface area contributed by atoms with Gasteiger partial charge in [0, 0.05) is 25.9 Å². The minimum atomic E-state index is -3.78. The van der Waals surface area contributed by atoms with Crippen LogP contribution in [0.5, 0.6) is 11.5 Å². The summed E-state index contributed by atoms with van der Waals surface area (Å²) in [6, 6.07) is 5.78. The van der Waals surface area contributed by atoms with Crippen molar-refractivity contribution in [2.75, 3.05) is 26.3 Å². The summed E-state index contributed by atoms with van der Waals surface area (Å²) < 4.78 is 44.0. The van der Waals surface area contributed by atoms with E-state index in [0.717, 1.165) is 30.6 Å². The van der Waals surface area contributed by atoms with Crippen molar-refractivity contribution in [2.24, 2.45) is 0 Å². The second kappa shape index (κ2) is 8.88. The quantitative estimate of drug-likeness (QED) is 0.721. The second-order valence-corrected chi connectivity index (χ2v) is 9.51. The molecule has 4 rings (SSSR count). The standard InChI is InChI=1S/C21H27N3O6S/c1-14-21(15(2)30-23-14)31(26,27)22-9-8-20(25)24-10-3-5-17(24)16-6-7-18-19(13-16)29-12-4-11-28-18/h6-7,13,17,22H,3-5,8-12H2,1-2H3/t17-/m0/s1. The Bertz CT molecular complexity index is 1050. The third kappa shape index (κ3) is 4.54. The maximum absolute atomic E-state index is 12.9. The minimum absolute atomic E-state index is 0.00951. The fourth-order valence-corrected chi connectivity index (χ4v) is 5.52. The van der Waals surface area contributed by atoms with Crippen LogP contribution in [0.1, 0.15) is 48.7 Å². The maximum Gasteiger partial charge on any atom is 0.245 e. The molecule has 31 heavy (non-hydrogen) atoms. The summed E-state index contributed by atoms with van der Waals surface area (Å²) in [5, 5.41) is 3.68. The Morgan fingerprint density at radius 2 is 1.97 bits per heavy atom. The molecule has 168 valence electrons. The highest BCUT2D eigenvalue weighted by Crippen LogP contribution is 2.38. The fraction of sp³-hybridized carbons (Fsp3) is 0.524. The first kappa shape index (κ1) is 21.6. The Balaban J connectivity index is 1.40. The molecule has 1 amide bonds. The van der Waals surface area contributed by atoms with Crippen molar-refractivity contribution in [3.63, 3.8) is 0 Å². The van der Waals surface area contributed by atoms with Gasteiger partial charge in [0.15, 0.2) is 17.3 Å². The monoisotopic (exact) mass is 449 g/mol. The number of nitrogens with one attached hydrogen (secondary N) is 1. The van der Waals surface area contributed by atoms with Crippen LogP contribution in [0.2, 0.25) is 0 Å². The van der Waals surface area contributed by atoms with Crippen molar-refractivity contribution in [1.29, 1.82) is 0 Å². The topological polar surface area (TPSA) is 111 Å². The van der Waals surface area contributed by atoms with E-state index in [1.165, 1.54) is 0 Å². The van der Waals surface area contributed by atoms with Crippen molar-refractivity contribution in [1.82, 2.24) is 14.8 Å². The van der Waals surface area contributed by atoms with E-state index in [4.69, 9.17) is 14.0 Å². The van der Waals surface area contributed by atoms with Crippen molar-refractivity contribution in [2.45, 2.75) is 50.5 Å². The lowest BCUT2D eigenvalue weighted by Gasteiger charge is -2.26. The number of fused-ring (bicyclic) bond motifs is 1. The Morgan fingerprint density at radius 3 is 2.71 bits per heavy atom. The Morgan fingerprint density at radius 1 is 1.19 bits per heavy atom. The first-order valence-corrected chi connectivity index (χ1v) is 12.0. The van der Waals surface area contributed by atoms with E-state index in [9.17, 15) is 13.2 Å². The number of rotatable bonds is 6. The summed E-state index contributed by atoms with van der Waals surface area (Å²) in [5.41, 5.74) is 1.30. The molecule has 1 saturated heterocycles. The molecule has 3 heterocycles. The smallest absolute Gasteiger partial charge is 0.245 e. The molecule has 0 saturated carbocycles. The number of sulfonamides is 1. The molecule has 1 aromatic heterocycles. The van der Waals surface area contributed by atoms with Gasteiger partial charge in [-0.1, -0.05) is 11.2 Å². The Hall–Kier alpha value is -2.59. The number of carbonyl (C=O) groups excluding carboxylic acids is 1. The van der Waals surface area contributed by atoms with Crippen molar-refractivity contribution in [3.05, 3.63) is 35.2 Å². The van der Waals surface area contributed by atoms with Crippen LogP contribution in [0.3, 0.4) is 0 Å². The van der Waals surface area contributed by atoms with Gasteiger partial charge in [-0.15, -0.1) is 0 Å². The van der Waals surface area contributed by atoms with Gasteiger partial charge in [-0.05, 0) is 44.4 Å². The Labute approximate surface area is 181 Å². The number of amides is 1. The minimum Gasteiger partial charge on any atom is -0.490 e. The summed E-state index contributed by atoms with van der Waals surface area (Å²) in [5.74, 6) is 1.58. The number of carbonyl (C=O) groups is 1. The number of aryl methyl sites for hydroxylation is 2. The number of benzene rings is 1. The number of hydrogen-bond acceptors (Lipinski definition) is 7. The molecule has 0 aliphatic carbocycles. The Kier molecular flexibility index (Phi) is 6.19.